The molecule has 0 spiro atoms. The monoisotopic (exact) mass is 172 g/mol. The Morgan fingerprint density at radius 3 is 2.45 bits per heavy atom. The molecule has 0 unspecified atom stereocenters. The number of allylic oxidation sites excluding steroid dienone is 3. The standard InChI is InChI=1S/C8H9ClO2/c1-3-5-7(9)6(4-2)8(10)11/h3-5H,2H2,1H3,(H,10,11)/b5-3-,7-6-. The normalized spacial score (nSPS) is 12.9. The summed E-state index contributed by atoms with van der Waals surface area (Å²) in [5.74, 6) is -1.07. The van der Waals surface area contributed by atoms with Crippen LogP contribution in [0.1, 0.15) is 6.92 Å². The number of aliphatic carboxylic acids is 1. The lowest BCUT2D eigenvalue weighted by Crippen LogP contribution is -1.98. The third kappa shape index (κ3) is 3.05. The summed E-state index contributed by atoms with van der Waals surface area (Å²) >= 11 is 5.58. The molecule has 0 rings (SSSR count). The maximum Gasteiger partial charge on any atom is 0.337 e. The second-order valence-electron chi connectivity index (χ2n) is 1.77. The molecule has 0 radical (unpaired) electrons. The Morgan fingerprint density at radius 2 is 2.18 bits per heavy atom. The predicted octanol–water partition coefficient (Wildman–Crippen LogP) is 2.33. The first-order chi connectivity index (χ1) is 5.13. The molecule has 0 saturated carbocycles. The molecule has 0 heterocycles. The fourth-order valence-corrected chi connectivity index (χ4v) is 0.807. The molecule has 2 nitrogen and oxygen atoms in total. The highest BCUT2D eigenvalue weighted by atomic mass is 35.5. The summed E-state index contributed by atoms with van der Waals surface area (Å²) in [6.45, 7) is 5.08. The molecule has 0 saturated heterocycles. The molecule has 3 heteroatoms. The topological polar surface area (TPSA) is 37.3 Å². The van der Waals surface area contributed by atoms with E-state index in [4.69, 9.17) is 16.7 Å². The van der Waals surface area contributed by atoms with Crippen LogP contribution in [0.15, 0.2) is 35.4 Å². The molecule has 11 heavy (non-hydrogen) atoms. The quantitative estimate of drug-likeness (QED) is 0.524. The number of rotatable bonds is 3. The second-order valence-corrected chi connectivity index (χ2v) is 2.18. The van der Waals surface area contributed by atoms with Crippen molar-refractivity contribution in [2.24, 2.45) is 0 Å². The van der Waals surface area contributed by atoms with Gasteiger partial charge in [0.2, 0.25) is 0 Å². The first kappa shape index (κ1) is 9.98. The van der Waals surface area contributed by atoms with E-state index in [2.05, 4.69) is 6.58 Å². The van der Waals surface area contributed by atoms with E-state index < -0.39 is 5.97 Å². The first-order valence-corrected chi connectivity index (χ1v) is 3.39. The predicted molar refractivity (Wildman–Crippen MR) is 45.5 cm³/mol. The molecule has 0 aliphatic carbocycles. The molecule has 0 aromatic carbocycles. The van der Waals surface area contributed by atoms with Crippen molar-refractivity contribution in [3.05, 3.63) is 35.4 Å². The molecular weight excluding hydrogens is 164 g/mol. The smallest absolute Gasteiger partial charge is 0.337 e. The zero-order chi connectivity index (χ0) is 8.85. The number of carboxylic acid groups (broad SMARTS) is 1. The number of hydrogen-bond donors (Lipinski definition) is 1. The molecule has 0 atom stereocenters. The van der Waals surface area contributed by atoms with E-state index in [1.807, 2.05) is 0 Å². The zero-order valence-corrected chi connectivity index (χ0v) is 6.93. The van der Waals surface area contributed by atoms with E-state index in [-0.39, 0.29) is 10.6 Å². The molecule has 0 amide bonds. The molecule has 0 aliphatic rings. The lowest BCUT2D eigenvalue weighted by molar-refractivity contribution is -0.132. The Bertz CT molecular complexity index is 226. The van der Waals surface area contributed by atoms with Crippen molar-refractivity contribution < 1.29 is 9.90 Å². The van der Waals surface area contributed by atoms with Gasteiger partial charge in [0.25, 0.3) is 0 Å². The highest BCUT2D eigenvalue weighted by Gasteiger charge is 2.05. The van der Waals surface area contributed by atoms with Gasteiger partial charge in [0, 0.05) is 0 Å². The third-order valence-corrected chi connectivity index (χ3v) is 1.33. The maximum atomic E-state index is 10.4. The van der Waals surface area contributed by atoms with Crippen molar-refractivity contribution in [3.63, 3.8) is 0 Å². The van der Waals surface area contributed by atoms with Crippen molar-refractivity contribution >= 4 is 17.6 Å². The van der Waals surface area contributed by atoms with Crippen molar-refractivity contribution in [1.29, 1.82) is 0 Å². The summed E-state index contributed by atoms with van der Waals surface area (Å²) in [7, 11) is 0. The molecule has 60 valence electrons. The lowest BCUT2D eigenvalue weighted by Gasteiger charge is -1.94. The van der Waals surface area contributed by atoms with E-state index in [1.165, 1.54) is 12.2 Å². The van der Waals surface area contributed by atoms with Gasteiger partial charge in [0.1, 0.15) is 0 Å². The number of hydrogen-bond acceptors (Lipinski definition) is 1. The number of carbonyl (C=O) groups is 1. The SMILES string of the molecule is C=C/C(C(=O)O)=C(Cl)\C=C/C. The fraction of sp³-hybridized carbons (Fsp3) is 0.125. The molecule has 1 N–H and O–H groups in total. The van der Waals surface area contributed by atoms with Gasteiger partial charge >= 0.3 is 5.97 Å². The van der Waals surface area contributed by atoms with Crippen LogP contribution in [-0.2, 0) is 4.79 Å². The van der Waals surface area contributed by atoms with Crippen LogP contribution in [-0.4, -0.2) is 11.1 Å². The summed E-state index contributed by atoms with van der Waals surface area (Å²) < 4.78 is 0. The van der Waals surface area contributed by atoms with Gasteiger partial charge in [-0.25, -0.2) is 4.79 Å². The molecule has 0 fully saturated rings. The van der Waals surface area contributed by atoms with Crippen molar-refractivity contribution in [1.82, 2.24) is 0 Å². The van der Waals surface area contributed by atoms with Crippen molar-refractivity contribution in [2.75, 3.05) is 0 Å². The van der Waals surface area contributed by atoms with Crippen molar-refractivity contribution in [2.45, 2.75) is 6.92 Å². The summed E-state index contributed by atoms with van der Waals surface area (Å²) in [6, 6.07) is 0. The van der Waals surface area contributed by atoms with E-state index in [9.17, 15) is 4.79 Å². The van der Waals surface area contributed by atoms with E-state index in [0.717, 1.165) is 0 Å². The minimum absolute atomic E-state index is 0.0183. The third-order valence-electron chi connectivity index (χ3n) is 1.00. The van der Waals surface area contributed by atoms with Gasteiger partial charge in [-0.05, 0) is 13.0 Å². The Labute approximate surface area is 70.5 Å². The van der Waals surface area contributed by atoms with Gasteiger partial charge in [-0.2, -0.15) is 0 Å². The van der Waals surface area contributed by atoms with Gasteiger partial charge in [0.15, 0.2) is 0 Å². The second kappa shape index (κ2) is 4.74. The van der Waals surface area contributed by atoms with Crippen LogP contribution in [0.25, 0.3) is 0 Å². The Kier molecular flexibility index (Phi) is 4.30. The largest absolute Gasteiger partial charge is 0.478 e. The zero-order valence-electron chi connectivity index (χ0n) is 6.17. The summed E-state index contributed by atoms with van der Waals surface area (Å²) in [5, 5.41) is 8.71. The average molecular weight is 173 g/mol. The maximum absolute atomic E-state index is 10.4. The number of carboxylic acids is 1. The van der Waals surface area contributed by atoms with Gasteiger partial charge < -0.3 is 5.11 Å². The molecule has 0 bridgehead atoms. The summed E-state index contributed by atoms with van der Waals surface area (Å²) in [5.41, 5.74) is 0.0183. The van der Waals surface area contributed by atoms with Crippen LogP contribution < -0.4 is 0 Å². The fourth-order valence-electron chi connectivity index (χ4n) is 0.523. The van der Waals surface area contributed by atoms with Gasteiger partial charge in [-0.1, -0.05) is 30.3 Å². The van der Waals surface area contributed by atoms with Crippen molar-refractivity contribution in [3.8, 4) is 0 Å². The van der Waals surface area contributed by atoms with Crippen LogP contribution >= 0.6 is 11.6 Å². The van der Waals surface area contributed by atoms with Gasteiger partial charge in [0.05, 0.1) is 10.6 Å². The highest BCUT2D eigenvalue weighted by molar-refractivity contribution is 6.33. The summed E-state index contributed by atoms with van der Waals surface area (Å²) in [6.07, 6.45) is 4.38. The van der Waals surface area contributed by atoms with Gasteiger partial charge in [-0.3, -0.25) is 0 Å². The Hall–Kier alpha value is -1.02. The molecule has 0 aromatic heterocycles. The Morgan fingerprint density at radius 1 is 1.64 bits per heavy atom. The van der Waals surface area contributed by atoms with E-state index in [1.54, 1.807) is 13.0 Å². The number of halogens is 1. The van der Waals surface area contributed by atoms with Gasteiger partial charge in [-0.15, -0.1) is 0 Å². The minimum Gasteiger partial charge on any atom is -0.478 e. The van der Waals surface area contributed by atoms with Crippen LogP contribution in [0.3, 0.4) is 0 Å². The van der Waals surface area contributed by atoms with E-state index >= 15 is 0 Å². The van der Waals surface area contributed by atoms with Crippen LogP contribution in [0.5, 0.6) is 0 Å². The minimum atomic E-state index is -1.07. The van der Waals surface area contributed by atoms with Crippen LogP contribution in [0, 0.1) is 0 Å². The first-order valence-electron chi connectivity index (χ1n) is 3.01. The molecular formula is C8H9ClO2. The van der Waals surface area contributed by atoms with E-state index in [0.29, 0.717) is 0 Å². The van der Waals surface area contributed by atoms with Crippen LogP contribution in [0.2, 0.25) is 0 Å². The summed E-state index contributed by atoms with van der Waals surface area (Å²) in [4.78, 5) is 10.4. The Balaban J connectivity index is 4.82. The van der Waals surface area contributed by atoms with Crippen LogP contribution in [0.4, 0.5) is 0 Å². The highest BCUT2D eigenvalue weighted by Crippen LogP contribution is 2.11. The molecule has 0 aliphatic heterocycles. The molecule has 0 aromatic rings. The average Bonchev–Trinajstić information content (AvgIpc) is 1.88. The lowest BCUT2D eigenvalue weighted by atomic mass is 10.2.